The Morgan fingerprint density at radius 3 is 2.31 bits per heavy atom. The van der Waals surface area contributed by atoms with Gasteiger partial charge in [0.1, 0.15) is 58.0 Å². The summed E-state index contributed by atoms with van der Waals surface area (Å²) in [5, 5.41) is 28.0. The summed E-state index contributed by atoms with van der Waals surface area (Å²) in [5.41, 5.74) is -4.94. The highest BCUT2D eigenvalue weighted by Crippen LogP contribution is 2.51. The first-order chi connectivity index (χ1) is 24.3. The van der Waals surface area contributed by atoms with Crippen LogP contribution in [0.3, 0.4) is 0 Å². The molecule has 3 amide bonds. The average molecular weight is 750 g/mol. The van der Waals surface area contributed by atoms with Crippen LogP contribution in [0, 0.1) is 0 Å². The lowest BCUT2D eigenvalue weighted by Gasteiger charge is -2.59. The van der Waals surface area contributed by atoms with E-state index >= 15 is 0 Å². The van der Waals surface area contributed by atoms with Gasteiger partial charge in [-0.05, 0) is 57.9 Å². The van der Waals surface area contributed by atoms with E-state index in [9.17, 15) is 29.4 Å². The Labute approximate surface area is 307 Å². The minimum absolute atomic E-state index is 0.0803. The summed E-state index contributed by atoms with van der Waals surface area (Å²) >= 11 is 6.89. The smallest absolute Gasteiger partial charge is 0.409 e. The molecule has 0 aromatic heterocycles. The lowest BCUT2D eigenvalue weighted by molar-refractivity contribution is -0.328. The number of nitrogens with one attached hydrogen (secondary N) is 2. The number of ether oxygens (including phenoxy) is 6. The molecule has 3 unspecified atom stereocenters. The third-order valence-electron chi connectivity index (χ3n) is 10.4. The normalized spacial score (nSPS) is 38.9. The fourth-order valence-electron chi connectivity index (χ4n) is 7.46. The maximum Gasteiger partial charge on any atom is 0.409 e. The first-order valence-corrected chi connectivity index (χ1v) is 17.4. The van der Waals surface area contributed by atoms with E-state index in [2.05, 4.69) is 10.6 Å². The standard InChI is InChI=1S/C36H48ClN3O12/c1-19-10-9-11-24(48-7)36(46)17-26(51-32(44)39-36)35(5)18-34(4,52-35)25-16-27(41)40(13-12-33(3,45)31(43)38-20(2)30(42)50-25)22-14-21(29(19)49-8)15-23(47-6)28(22)37/h9-11,14-15,20,24-26,29,45-46H,12-13,16-18H2,1-8H3,(H,38,43)(H,39,44)/b11-9+,19-10+/t20-,24+,25-,26-,29?,33?,34+,35?,36-/m0/s1. The van der Waals surface area contributed by atoms with Crippen LogP contribution in [0.5, 0.6) is 5.75 Å². The summed E-state index contributed by atoms with van der Waals surface area (Å²) in [7, 11) is 4.33. The van der Waals surface area contributed by atoms with Crippen molar-refractivity contribution in [1.82, 2.24) is 10.6 Å². The summed E-state index contributed by atoms with van der Waals surface area (Å²) in [6, 6.07) is 2.14. The Morgan fingerprint density at radius 2 is 1.67 bits per heavy atom. The number of carbonyl (C=O) groups is 4. The number of halogens is 1. The van der Waals surface area contributed by atoms with Gasteiger partial charge in [0.15, 0.2) is 5.72 Å². The molecular weight excluding hydrogens is 702 g/mol. The molecule has 8 bridgehead atoms. The molecule has 0 radical (unpaired) electrons. The summed E-state index contributed by atoms with van der Waals surface area (Å²) in [5.74, 6) is -2.05. The van der Waals surface area contributed by atoms with Crippen molar-refractivity contribution in [3.63, 3.8) is 0 Å². The molecule has 15 nitrogen and oxygen atoms in total. The fraction of sp³-hybridized carbons (Fsp3) is 0.611. The number of methoxy groups -OCH3 is 3. The average Bonchev–Trinajstić information content (AvgIpc) is 3.05. The van der Waals surface area contributed by atoms with Crippen LogP contribution in [-0.4, -0.2) is 109 Å². The van der Waals surface area contributed by atoms with Crippen molar-refractivity contribution >= 4 is 41.2 Å². The van der Waals surface area contributed by atoms with Gasteiger partial charge in [-0.3, -0.25) is 14.9 Å². The maximum absolute atomic E-state index is 14.5. The second-order valence-corrected chi connectivity index (χ2v) is 14.9. The molecule has 4 N–H and O–H groups in total. The molecule has 5 aliphatic heterocycles. The number of benzene rings is 1. The van der Waals surface area contributed by atoms with Crippen LogP contribution < -0.4 is 20.3 Å². The van der Waals surface area contributed by atoms with E-state index in [0.29, 0.717) is 11.1 Å². The van der Waals surface area contributed by atoms with Gasteiger partial charge in [-0.15, -0.1) is 0 Å². The number of nitrogens with zero attached hydrogens (tertiary/aromatic N) is 1. The zero-order valence-corrected chi connectivity index (χ0v) is 31.4. The van der Waals surface area contributed by atoms with Crippen LogP contribution in [0.2, 0.25) is 5.02 Å². The number of fused-ring (bicyclic) bond motifs is 3. The van der Waals surface area contributed by atoms with Gasteiger partial charge in [-0.1, -0.05) is 29.8 Å². The van der Waals surface area contributed by atoms with E-state index in [4.69, 9.17) is 40.0 Å². The molecule has 3 fully saturated rings. The summed E-state index contributed by atoms with van der Waals surface area (Å²) < 4.78 is 35.2. The molecule has 0 saturated carbocycles. The van der Waals surface area contributed by atoms with Crippen molar-refractivity contribution in [3.05, 3.63) is 46.5 Å². The van der Waals surface area contributed by atoms with Crippen LogP contribution in [0.25, 0.3) is 0 Å². The zero-order valence-electron chi connectivity index (χ0n) is 30.6. The van der Waals surface area contributed by atoms with Crippen molar-refractivity contribution in [2.75, 3.05) is 32.8 Å². The van der Waals surface area contributed by atoms with Gasteiger partial charge in [-0.25, -0.2) is 9.59 Å². The first-order valence-electron chi connectivity index (χ1n) is 17.0. The van der Waals surface area contributed by atoms with E-state index in [0.717, 1.165) is 0 Å². The maximum atomic E-state index is 14.5. The molecule has 52 heavy (non-hydrogen) atoms. The van der Waals surface area contributed by atoms with Gasteiger partial charge in [0.05, 0.1) is 19.2 Å². The SMILES string of the molecule is COc1cc2cc(c1Cl)N1CCC(C)(O)C(=O)N[C@@H](C)C(=O)O[C@@H](CC1=O)[C@@]1(C)CC(C)(O1)[C@@H]1C[C@@](O)(NC(=O)O1)[C@H](OC)/C=C/C=C(\C)C2OC. The van der Waals surface area contributed by atoms with Crippen LogP contribution in [-0.2, 0) is 38.1 Å². The summed E-state index contributed by atoms with van der Waals surface area (Å²) in [6.07, 6.45) is -0.434. The van der Waals surface area contributed by atoms with Gasteiger partial charge >= 0.3 is 12.1 Å². The quantitative estimate of drug-likeness (QED) is 0.331. The first kappa shape index (κ1) is 39.5. The number of allylic oxidation sites excluding steroid dienone is 2. The van der Waals surface area contributed by atoms with Gasteiger partial charge in [0.2, 0.25) is 5.91 Å². The van der Waals surface area contributed by atoms with Gasteiger partial charge in [-0.2, -0.15) is 0 Å². The lowest BCUT2D eigenvalue weighted by atomic mass is 9.72. The Balaban J connectivity index is 1.70. The van der Waals surface area contributed by atoms with Crippen molar-refractivity contribution < 1.29 is 57.8 Å². The largest absolute Gasteiger partial charge is 0.495 e. The van der Waals surface area contributed by atoms with E-state index < -0.39 is 83.3 Å². The minimum Gasteiger partial charge on any atom is -0.495 e. The number of carbonyl (C=O) groups excluding carboxylic acids is 4. The molecule has 6 rings (SSSR count). The number of aliphatic hydroxyl groups is 2. The summed E-state index contributed by atoms with van der Waals surface area (Å²) in [6.45, 7) is 7.70. The fourth-order valence-corrected chi connectivity index (χ4v) is 7.75. The summed E-state index contributed by atoms with van der Waals surface area (Å²) in [4.78, 5) is 55.4. The predicted molar refractivity (Wildman–Crippen MR) is 187 cm³/mol. The molecule has 1 aromatic rings. The molecule has 5 aliphatic rings. The molecule has 286 valence electrons. The molecular formula is C36H48ClN3O12. The van der Waals surface area contributed by atoms with Crippen molar-refractivity contribution in [1.29, 1.82) is 0 Å². The van der Waals surface area contributed by atoms with Crippen LogP contribution in [0.1, 0.15) is 72.0 Å². The number of hydrogen-bond acceptors (Lipinski definition) is 12. The second kappa shape index (κ2) is 14.6. The molecule has 5 heterocycles. The van der Waals surface area contributed by atoms with Crippen molar-refractivity contribution in [3.8, 4) is 5.75 Å². The minimum atomic E-state index is -1.99. The number of hydrogen-bond donors (Lipinski definition) is 4. The number of alkyl carbamates (subject to hydrolysis) is 1. The van der Waals surface area contributed by atoms with Gasteiger partial charge < -0.3 is 48.9 Å². The highest BCUT2D eigenvalue weighted by atomic mass is 35.5. The molecule has 0 spiro atoms. The number of anilines is 1. The number of esters is 1. The molecule has 0 aliphatic carbocycles. The monoisotopic (exact) mass is 749 g/mol. The van der Waals surface area contributed by atoms with E-state index in [-0.39, 0.29) is 42.3 Å². The Bertz CT molecular complexity index is 1660. The van der Waals surface area contributed by atoms with Gasteiger partial charge in [0.25, 0.3) is 5.91 Å². The predicted octanol–water partition coefficient (Wildman–Crippen LogP) is 2.99. The molecule has 9 atom stereocenters. The third kappa shape index (κ3) is 7.52. The van der Waals surface area contributed by atoms with E-state index in [1.165, 1.54) is 40.1 Å². The van der Waals surface area contributed by atoms with Gasteiger partial charge in [0, 0.05) is 40.0 Å². The van der Waals surface area contributed by atoms with Crippen molar-refractivity contribution in [2.24, 2.45) is 0 Å². The van der Waals surface area contributed by atoms with Crippen LogP contribution >= 0.6 is 11.6 Å². The Hall–Kier alpha value is -3.73. The molecule has 16 heteroatoms. The number of amides is 3. The van der Waals surface area contributed by atoms with Crippen LogP contribution in [0.15, 0.2) is 35.9 Å². The Kier molecular flexibility index (Phi) is 11.1. The third-order valence-corrected chi connectivity index (χ3v) is 10.8. The highest BCUT2D eigenvalue weighted by molar-refractivity contribution is 6.35. The Morgan fingerprint density at radius 1 is 1.00 bits per heavy atom. The molecule has 1 aromatic carbocycles. The molecule has 3 saturated heterocycles. The topological polar surface area (TPSA) is 191 Å². The highest BCUT2D eigenvalue weighted by Gasteiger charge is 2.63. The number of rotatable bonds is 3. The zero-order chi connectivity index (χ0) is 38.4. The van der Waals surface area contributed by atoms with Crippen molar-refractivity contribution in [2.45, 2.75) is 113 Å². The lowest BCUT2D eigenvalue weighted by Crippen LogP contribution is -2.73. The second-order valence-electron chi connectivity index (χ2n) is 14.6. The van der Waals surface area contributed by atoms with E-state index in [1.54, 1.807) is 44.2 Å². The van der Waals surface area contributed by atoms with Crippen LogP contribution in [0.4, 0.5) is 10.5 Å². The van der Waals surface area contributed by atoms with E-state index in [1.807, 2.05) is 6.92 Å².